The molecule has 4 aliphatic rings. The number of benzene rings is 2. The lowest BCUT2D eigenvalue weighted by Gasteiger charge is -2.16. The first-order chi connectivity index (χ1) is 19.5. The van der Waals surface area contributed by atoms with E-state index >= 15 is 0 Å². The Labute approximate surface area is 235 Å². The number of H-pyrrole nitrogens is 1. The standard InChI is InChI=1S/C31H28ClN3O5/c32-22-11-23-28(34-25(22)19-8-6-18(7-9-19)17-4-2-1-3-5-17)35-29(33-23)40-24-13-31(24)16-39-26-27(31)38-15-30(26)12-20(30)10-21(37)14-36/h1-11,21,24,26-27,36-37H,12-16H2,(H,33,34,35)/b20-10+. The van der Waals surface area contributed by atoms with Gasteiger partial charge in [-0.05, 0) is 30.0 Å². The molecule has 4 fully saturated rings. The van der Waals surface area contributed by atoms with Crippen molar-refractivity contribution in [3.8, 4) is 28.4 Å². The normalized spacial score (nSPS) is 31.8. The van der Waals surface area contributed by atoms with Crippen molar-refractivity contribution < 1.29 is 24.4 Å². The molecule has 0 bridgehead atoms. The number of fused-ring (bicyclic) bond motifs is 4. The summed E-state index contributed by atoms with van der Waals surface area (Å²) in [6, 6.07) is 20.7. The van der Waals surface area contributed by atoms with Crippen LogP contribution in [-0.4, -0.2) is 69.4 Å². The Bertz CT molecular complexity index is 1640. The molecule has 9 heteroatoms. The number of imidazole rings is 1. The van der Waals surface area contributed by atoms with Crippen molar-refractivity contribution in [3.05, 3.63) is 77.3 Å². The summed E-state index contributed by atoms with van der Waals surface area (Å²) in [5.41, 5.74) is 5.87. The number of halogens is 1. The maximum atomic E-state index is 9.83. The van der Waals surface area contributed by atoms with E-state index in [-0.39, 0.29) is 35.7 Å². The van der Waals surface area contributed by atoms with E-state index < -0.39 is 6.10 Å². The van der Waals surface area contributed by atoms with E-state index in [0.29, 0.717) is 41.1 Å². The number of aromatic nitrogens is 3. The zero-order valence-electron chi connectivity index (χ0n) is 21.6. The zero-order chi connectivity index (χ0) is 27.1. The number of aliphatic hydroxyl groups excluding tert-OH is 2. The average Bonchev–Trinajstić information content (AvgIpc) is 3.63. The maximum absolute atomic E-state index is 9.83. The van der Waals surface area contributed by atoms with Crippen molar-refractivity contribution in [3.63, 3.8) is 0 Å². The van der Waals surface area contributed by atoms with Gasteiger partial charge in [-0.15, -0.1) is 0 Å². The summed E-state index contributed by atoms with van der Waals surface area (Å²) in [5.74, 6) is 0. The molecule has 6 unspecified atom stereocenters. The van der Waals surface area contributed by atoms with Crippen LogP contribution in [0.15, 0.2) is 72.3 Å². The first-order valence-corrected chi connectivity index (χ1v) is 14.0. The number of pyridine rings is 1. The van der Waals surface area contributed by atoms with E-state index in [2.05, 4.69) is 34.2 Å². The molecule has 4 heterocycles. The predicted molar refractivity (Wildman–Crippen MR) is 149 cm³/mol. The van der Waals surface area contributed by atoms with Crippen molar-refractivity contribution in [1.29, 1.82) is 0 Å². The first kappa shape index (κ1) is 24.5. The molecule has 2 aliphatic heterocycles. The molecule has 6 atom stereocenters. The van der Waals surface area contributed by atoms with E-state index in [9.17, 15) is 10.2 Å². The van der Waals surface area contributed by atoms with Crippen LogP contribution in [0.3, 0.4) is 0 Å². The van der Waals surface area contributed by atoms with Crippen molar-refractivity contribution in [1.82, 2.24) is 15.0 Å². The van der Waals surface area contributed by atoms with Gasteiger partial charge in [-0.2, -0.15) is 4.98 Å². The molecule has 204 valence electrons. The van der Waals surface area contributed by atoms with Gasteiger partial charge in [0.1, 0.15) is 6.10 Å². The molecule has 2 aromatic carbocycles. The molecule has 2 aliphatic carbocycles. The molecular formula is C31H28ClN3O5. The number of ether oxygens (including phenoxy) is 3. The third-order valence-electron chi connectivity index (χ3n) is 9.01. The summed E-state index contributed by atoms with van der Waals surface area (Å²) in [6.07, 6.45) is 2.38. The Balaban J connectivity index is 0.991. The van der Waals surface area contributed by atoms with Crippen molar-refractivity contribution in [2.24, 2.45) is 10.8 Å². The molecule has 2 aromatic heterocycles. The van der Waals surface area contributed by atoms with Gasteiger partial charge < -0.3 is 29.4 Å². The highest BCUT2D eigenvalue weighted by atomic mass is 35.5. The SMILES string of the molecule is OCC(O)/C=C1\CC12COC1C2OCC12CC2Oc1nc2nc(-c3ccc(-c4ccccc4)cc3)c(Cl)cc2[nH]1. The van der Waals surface area contributed by atoms with E-state index in [1.807, 2.05) is 36.4 Å². The predicted octanol–water partition coefficient (Wildman–Crippen LogP) is 4.55. The molecule has 0 amide bonds. The largest absolute Gasteiger partial charge is 0.461 e. The monoisotopic (exact) mass is 557 g/mol. The maximum Gasteiger partial charge on any atom is 0.296 e. The van der Waals surface area contributed by atoms with Crippen molar-refractivity contribution in [2.75, 3.05) is 19.8 Å². The van der Waals surface area contributed by atoms with Crippen LogP contribution in [0.5, 0.6) is 6.01 Å². The van der Waals surface area contributed by atoms with Gasteiger partial charge in [-0.25, -0.2) is 4.98 Å². The van der Waals surface area contributed by atoms with Gasteiger partial charge in [0.15, 0.2) is 5.65 Å². The van der Waals surface area contributed by atoms with Gasteiger partial charge in [0.05, 0.1) is 59.8 Å². The highest BCUT2D eigenvalue weighted by Gasteiger charge is 2.76. The van der Waals surface area contributed by atoms with Crippen LogP contribution in [0.25, 0.3) is 33.5 Å². The second-order valence-corrected chi connectivity index (χ2v) is 11.9. The third-order valence-corrected chi connectivity index (χ3v) is 9.30. The summed E-state index contributed by atoms with van der Waals surface area (Å²) in [7, 11) is 0. The van der Waals surface area contributed by atoms with E-state index in [0.717, 1.165) is 35.1 Å². The summed E-state index contributed by atoms with van der Waals surface area (Å²) >= 11 is 6.65. The fraction of sp³-hybridized carbons (Fsp3) is 0.355. The van der Waals surface area contributed by atoms with Gasteiger partial charge in [0.2, 0.25) is 0 Å². The van der Waals surface area contributed by atoms with E-state index in [1.54, 1.807) is 6.08 Å². The quantitative estimate of drug-likeness (QED) is 0.298. The van der Waals surface area contributed by atoms with Gasteiger partial charge in [-0.1, -0.05) is 77.8 Å². The molecule has 2 saturated carbocycles. The number of nitrogens with zero attached hydrogens (tertiary/aromatic N) is 2. The van der Waals surface area contributed by atoms with Crippen LogP contribution >= 0.6 is 11.6 Å². The lowest BCUT2D eigenvalue weighted by Crippen LogP contribution is -2.31. The van der Waals surface area contributed by atoms with Crippen LogP contribution in [0.2, 0.25) is 5.02 Å². The van der Waals surface area contributed by atoms with Gasteiger partial charge in [0.25, 0.3) is 6.01 Å². The molecule has 2 saturated heterocycles. The molecular weight excluding hydrogens is 530 g/mol. The third kappa shape index (κ3) is 3.74. The van der Waals surface area contributed by atoms with Crippen LogP contribution in [0.4, 0.5) is 0 Å². The fourth-order valence-corrected chi connectivity index (χ4v) is 6.87. The van der Waals surface area contributed by atoms with E-state index in [1.165, 1.54) is 0 Å². The highest BCUT2D eigenvalue weighted by Crippen LogP contribution is 2.69. The topological polar surface area (TPSA) is 110 Å². The van der Waals surface area contributed by atoms with Gasteiger partial charge >= 0.3 is 0 Å². The Hall–Kier alpha value is -3.27. The second kappa shape index (κ2) is 8.86. The zero-order valence-corrected chi connectivity index (χ0v) is 22.3. The smallest absolute Gasteiger partial charge is 0.296 e. The van der Waals surface area contributed by atoms with Crippen LogP contribution in [-0.2, 0) is 9.47 Å². The Morgan fingerprint density at radius 1 is 1.02 bits per heavy atom. The number of rotatable bonds is 6. The fourth-order valence-electron chi connectivity index (χ4n) is 6.61. The molecule has 8 rings (SSSR count). The summed E-state index contributed by atoms with van der Waals surface area (Å²) < 4.78 is 18.8. The second-order valence-electron chi connectivity index (χ2n) is 11.5. The minimum atomic E-state index is -0.842. The van der Waals surface area contributed by atoms with Gasteiger partial charge in [0, 0.05) is 11.0 Å². The van der Waals surface area contributed by atoms with Crippen LogP contribution in [0, 0.1) is 10.8 Å². The van der Waals surface area contributed by atoms with Crippen molar-refractivity contribution >= 4 is 22.8 Å². The lowest BCUT2D eigenvalue weighted by atomic mass is 9.91. The molecule has 4 aromatic rings. The number of nitrogens with one attached hydrogen (secondary N) is 1. The minimum Gasteiger partial charge on any atom is -0.461 e. The number of aliphatic hydroxyl groups is 2. The Morgan fingerprint density at radius 2 is 1.77 bits per heavy atom. The van der Waals surface area contributed by atoms with E-state index in [4.69, 9.17) is 30.8 Å². The molecule has 8 nitrogen and oxygen atoms in total. The summed E-state index contributed by atoms with van der Waals surface area (Å²) in [4.78, 5) is 12.6. The molecule has 40 heavy (non-hydrogen) atoms. The number of hydrogen-bond donors (Lipinski definition) is 3. The first-order valence-electron chi connectivity index (χ1n) is 13.6. The molecule has 2 spiro atoms. The van der Waals surface area contributed by atoms with Crippen LogP contribution < -0.4 is 4.74 Å². The average molecular weight is 558 g/mol. The Morgan fingerprint density at radius 3 is 2.58 bits per heavy atom. The summed E-state index contributed by atoms with van der Waals surface area (Å²) in [6.45, 7) is 0.857. The van der Waals surface area contributed by atoms with Gasteiger partial charge in [-0.3, -0.25) is 0 Å². The molecule has 3 N–H and O–H groups in total. The molecule has 0 radical (unpaired) electrons. The highest BCUT2D eigenvalue weighted by molar-refractivity contribution is 6.33. The Kier molecular flexibility index (Phi) is 5.43. The number of hydrogen-bond acceptors (Lipinski definition) is 7. The van der Waals surface area contributed by atoms with Crippen molar-refractivity contribution in [2.45, 2.75) is 37.3 Å². The van der Waals surface area contributed by atoms with Crippen LogP contribution in [0.1, 0.15) is 12.8 Å². The summed E-state index contributed by atoms with van der Waals surface area (Å²) in [5, 5.41) is 19.6. The number of aromatic amines is 1. The lowest BCUT2D eigenvalue weighted by molar-refractivity contribution is 0.0465. The minimum absolute atomic E-state index is 0.0507.